The van der Waals surface area contributed by atoms with E-state index in [4.69, 9.17) is 9.26 Å². The fourth-order valence-corrected chi connectivity index (χ4v) is 2.52. The van der Waals surface area contributed by atoms with Gasteiger partial charge in [0.25, 0.3) is 5.91 Å². The highest BCUT2D eigenvalue weighted by atomic mass is 19.1. The molecule has 0 aliphatic rings. The molecule has 0 saturated heterocycles. The fraction of sp³-hybridized carbons (Fsp3) is 0.238. The number of halogens is 1. The Bertz CT molecular complexity index is 968. The number of hydrogen-bond donors (Lipinski definition) is 1. The molecule has 0 spiro atoms. The molecule has 29 heavy (non-hydrogen) atoms. The van der Waals surface area contributed by atoms with Crippen molar-refractivity contribution < 1.29 is 23.2 Å². The zero-order valence-electron chi connectivity index (χ0n) is 15.9. The minimum atomic E-state index is -0.553. The number of nitrogens with zero attached hydrogens (tertiary/aromatic N) is 2. The van der Waals surface area contributed by atoms with E-state index in [2.05, 4.69) is 15.5 Å². The van der Waals surface area contributed by atoms with Crippen LogP contribution in [0, 0.1) is 5.82 Å². The Labute approximate surface area is 166 Å². The van der Waals surface area contributed by atoms with E-state index < -0.39 is 11.9 Å². The van der Waals surface area contributed by atoms with Crippen LogP contribution in [0.1, 0.15) is 24.8 Å². The van der Waals surface area contributed by atoms with E-state index in [1.54, 1.807) is 12.1 Å². The molecule has 0 atom stereocenters. The van der Waals surface area contributed by atoms with Crippen LogP contribution in [-0.4, -0.2) is 28.6 Å². The summed E-state index contributed by atoms with van der Waals surface area (Å²) in [5.41, 5.74) is 2.41. The summed E-state index contributed by atoms with van der Waals surface area (Å²) in [4.78, 5) is 27.9. The summed E-state index contributed by atoms with van der Waals surface area (Å²) in [6.45, 7) is 1.67. The zero-order valence-corrected chi connectivity index (χ0v) is 15.9. The first-order valence-electron chi connectivity index (χ1n) is 9.16. The van der Waals surface area contributed by atoms with Gasteiger partial charge in [-0.3, -0.25) is 9.59 Å². The molecule has 0 unspecified atom stereocenters. The van der Waals surface area contributed by atoms with Crippen molar-refractivity contribution in [3.05, 3.63) is 65.8 Å². The van der Waals surface area contributed by atoms with Crippen LogP contribution in [0.3, 0.4) is 0 Å². The Kier molecular flexibility index (Phi) is 6.67. The molecule has 0 fully saturated rings. The predicted molar refractivity (Wildman–Crippen MR) is 103 cm³/mol. The lowest BCUT2D eigenvalue weighted by molar-refractivity contribution is -0.147. The first-order chi connectivity index (χ1) is 14.0. The Morgan fingerprint density at radius 2 is 1.83 bits per heavy atom. The third-order valence-electron chi connectivity index (χ3n) is 4.12. The lowest BCUT2D eigenvalue weighted by Gasteiger charge is -2.07. The number of hydrogen-bond acceptors (Lipinski definition) is 6. The van der Waals surface area contributed by atoms with Crippen LogP contribution in [0.4, 0.5) is 10.1 Å². The van der Waals surface area contributed by atoms with Gasteiger partial charge in [-0.1, -0.05) is 24.2 Å². The predicted octanol–water partition coefficient (Wildman–Crippen LogP) is 3.55. The number of esters is 1. The lowest BCUT2D eigenvalue weighted by atomic mass is 10.1. The molecule has 0 saturated carbocycles. The Morgan fingerprint density at radius 1 is 1.10 bits per heavy atom. The molecular weight excluding hydrogens is 377 g/mol. The Hall–Kier alpha value is -3.55. The van der Waals surface area contributed by atoms with Crippen LogP contribution >= 0.6 is 0 Å². The van der Waals surface area contributed by atoms with E-state index in [0.717, 1.165) is 12.0 Å². The minimum Gasteiger partial charge on any atom is -0.456 e. The summed E-state index contributed by atoms with van der Waals surface area (Å²) in [5, 5.41) is 6.47. The summed E-state index contributed by atoms with van der Waals surface area (Å²) < 4.78 is 23.0. The third-order valence-corrected chi connectivity index (χ3v) is 4.12. The van der Waals surface area contributed by atoms with Crippen LogP contribution in [0.2, 0.25) is 0 Å². The van der Waals surface area contributed by atoms with Crippen molar-refractivity contribution in [2.45, 2.75) is 26.2 Å². The van der Waals surface area contributed by atoms with E-state index in [-0.39, 0.29) is 31.2 Å². The molecule has 1 amide bonds. The van der Waals surface area contributed by atoms with Crippen molar-refractivity contribution in [2.24, 2.45) is 0 Å². The molecule has 7 nitrogen and oxygen atoms in total. The number of aryl methyl sites for hydroxylation is 2. The van der Waals surface area contributed by atoms with Crippen LogP contribution in [-0.2, 0) is 27.2 Å². The van der Waals surface area contributed by atoms with Gasteiger partial charge in [-0.15, -0.1) is 0 Å². The molecule has 0 bridgehead atoms. The second-order valence-electron chi connectivity index (χ2n) is 6.28. The summed E-state index contributed by atoms with van der Waals surface area (Å²) in [7, 11) is 0. The SMILES string of the molecule is CCc1ccc(NC(=O)COC(=O)CCc2nc(-c3ccc(F)cc3)no2)cc1. The van der Waals surface area contributed by atoms with Gasteiger partial charge in [0, 0.05) is 17.7 Å². The lowest BCUT2D eigenvalue weighted by Crippen LogP contribution is -2.21. The van der Waals surface area contributed by atoms with Gasteiger partial charge in [0.15, 0.2) is 6.61 Å². The number of rotatable bonds is 8. The van der Waals surface area contributed by atoms with Gasteiger partial charge in [0.05, 0.1) is 6.42 Å². The molecular formula is C21H20FN3O4. The molecule has 0 radical (unpaired) electrons. The van der Waals surface area contributed by atoms with Gasteiger partial charge < -0.3 is 14.6 Å². The van der Waals surface area contributed by atoms with Crippen molar-refractivity contribution in [3.63, 3.8) is 0 Å². The van der Waals surface area contributed by atoms with Crippen molar-refractivity contribution in [1.29, 1.82) is 0 Å². The number of amides is 1. The number of benzene rings is 2. The van der Waals surface area contributed by atoms with Crippen LogP contribution in [0.15, 0.2) is 53.1 Å². The fourth-order valence-electron chi connectivity index (χ4n) is 2.52. The summed E-state index contributed by atoms with van der Waals surface area (Å²) in [5.74, 6) is -0.771. The van der Waals surface area contributed by atoms with Gasteiger partial charge in [-0.2, -0.15) is 4.98 Å². The number of nitrogens with one attached hydrogen (secondary N) is 1. The number of aromatic nitrogens is 2. The largest absolute Gasteiger partial charge is 0.456 e. The average molecular weight is 397 g/mol. The first kappa shape index (κ1) is 20.2. The van der Waals surface area contributed by atoms with E-state index >= 15 is 0 Å². The maximum Gasteiger partial charge on any atom is 0.306 e. The molecule has 3 aromatic rings. The highest BCUT2D eigenvalue weighted by Crippen LogP contribution is 2.16. The van der Waals surface area contributed by atoms with Crippen molar-refractivity contribution in [2.75, 3.05) is 11.9 Å². The number of carbonyl (C=O) groups excluding carboxylic acids is 2. The maximum atomic E-state index is 13.0. The van der Waals surface area contributed by atoms with E-state index in [9.17, 15) is 14.0 Å². The smallest absolute Gasteiger partial charge is 0.306 e. The number of anilines is 1. The average Bonchev–Trinajstić information content (AvgIpc) is 3.21. The molecule has 1 N–H and O–H groups in total. The van der Waals surface area contributed by atoms with Crippen LogP contribution < -0.4 is 5.32 Å². The van der Waals surface area contributed by atoms with Gasteiger partial charge in [0.1, 0.15) is 5.82 Å². The molecule has 3 rings (SSSR count). The third kappa shape index (κ3) is 5.97. The Balaban J connectivity index is 1.41. The molecule has 1 heterocycles. The number of carbonyl (C=O) groups is 2. The highest BCUT2D eigenvalue weighted by molar-refractivity contribution is 5.92. The van der Waals surface area contributed by atoms with E-state index in [1.165, 1.54) is 24.3 Å². The van der Waals surface area contributed by atoms with Gasteiger partial charge >= 0.3 is 5.97 Å². The number of ether oxygens (including phenoxy) is 1. The topological polar surface area (TPSA) is 94.3 Å². The van der Waals surface area contributed by atoms with Gasteiger partial charge in [0.2, 0.25) is 11.7 Å². The van der Waals surface area contributed by atoms with Gasteiger partial charge in [-0.05, 0) is 48.4 Å². The summed E-state index contributed by atoms with van der Waals surface area (Å²) in [6, 6.07) is 13.1. The van der Waals surface area contributed by atoms with Crippen LogP contribution in [0.25, 0.3) is 11.4 Å². The van der Waals surface area contributed by atoms with Gasteiger partial charge in [-0.25, -0.2) is 4.39 Å². The van der Waals surface area contributed by atoms with E-state index in [1.807, 2.05) is 19.1 Å². The van der Waals surface area contributed by atoms with Crippen molar-refractivity contribution >= 4 is 17.6 Å². The molecule has 1 aromatic heterocycles. The monoisotopic (exact) mass is 397 g/mol. The molecule has 8 heteroatoms. The van der Waals surface area contributed by atoms with Crippen LogP contribution in [0.5, 0.6) is 0 Å². The Morgan fingerprint density at radius 3 is 2.52 bits per heavy atom. The molecule has 150 valence electrons. The molecule has 0 aliphatic heterocycles. The molecule has 0 aliphatic carbocycles. The summed E-state index contributed by atoms with van der Waals surface area (Å²) in [6.07, 6.45) is 1.08. The van der Waals surface area contributed by atoms with Crippen molar-refractivity contribution in [1.82, 2.24) is 10.1 Å². The standard InChI is InChI=1S/C21H20FN3O4/c1-2-14-3-9-17(10-4-14)23-18(26)13-28-20(27)12-11-19-24-21(25-29-19)15-5-7-16(22)8-6-15/h3-10H,2,11-13H2,1H3,(H,23,26). The maximum absolute atomic E-state index is 13.0. The first-order valence-corrected chi connectivity index (χ1v) is 9.16. The second kappa shape index (κ2) is 9.59. The normalized spacial score (nSPS) is 10.6. The summed E-state index contributed by atoms with van der Waals surface area (Å²) >= 11 is 0. The minimum absolute atomic E-state index is 0.0104. The van der Waals surface area contributed by atoms with E-state index in [0.29, 0.717) is 17.1 Å². The second-order valence-corrected chi connectivity index (χ2v) is 6.28. The highest BCUT2D eigenvalue weighted by Gasteiger charge is 2.13. The quantitative estimate of drug-likeness (QED) is 0.584. The molecule has 2 aromatic carbocycles. The zero-order chi connectivity index (χ0) is 20.6. The van der Waals surface area contributed by atoms with Crippen molar-refractivity contribution in [3.8, 4) is 11.4 Å².